The monoisotopic (exact) mass is 421 g/mol. The molecule has 3 heterocycles. The first-order valence-electron chi connectivity index (χ1n) is 9.28. The van der Waals surface area contributed by atoms with E-state index in [0.717, 1.165) is 16.8 Å². The van der Waals surface area contributed by atoms with E-state index in [9.17, 15) is 18.3 Å². The highest BCUT2D eigenvalue weighted by Gasteiger charge is 2.37. The molecule has 1 amide bonds. The largest absolute Gasteiger partial charge is 0.502 e. The number of phenolic OH excluding ortho intramolecular Hbond substituents is 1. The molecule has 1 aromatic carbocycles. The summed E-state index contributed by atoms with van der Waals surface area (Å²) >= 11 is 0. The number of benzene rings is 1. The quantitative estimate of drug-likeness (QED) is 0.772. The maximum atomic E-state index is 12.5. The molecule has 0 radical (unpaired) electrons. The highest BCUT2D eigenvalue weighted by molar-refractivity contribution is 7.91. The lowest BCUT2D eigenvalue weighted by atomic mass is 9.85. The van der Waals surface area contributed by atoms with Gasteiger partial charge in [-0.1, -0.05) is 0 Å². The maximum Gasteiger partial charge on any atom is 0.226 e. The van der Waals surface area contributed by atoms with Gasteiger partial charge in [-0.2, -0.15) is 5.10 Å². The van der Waals surface area contributed by atoms with Gasteiger partial charge in [0.15, 0.2) is 21.3 Å². The van der Waals surface area contributed by atoms with Crippen LogP contribution in [0.3, 0.4) is 0 Å². The summed E-state index contributed by atoms with van der Waals surface area (Å²) in [6.07, 6.45) is 0.664. The Labute approximate surface area is 168 Å². The predicted molar refractivity (Wildman–Crippen MR) is 106 cm³/mol. The van der Waals surface area contributed by atoms with Crippen molar-refractivity contribution in [3.8, 4) is 17.2 Å². The summed E-state index contributed by atoms with van der Waals surface area (Å²) in [7, 11) is -0.206. The van der Waals surface area contributed by atoms with Crippen LogP contribution in [0.1, 0.15) is 41.6 Å². The van der Waals surface area contributed by atoms with Crippen LogP contribution in [-0.4, -0.2) is 54.9 Å². The average molecular weight is 421 g/mol. The number of anilines is 1. The third kappa shape index (κ3) is 3.31. The number of nitrogens with zero attached hydrogens (tertiary/aromatic N) is 2. The number of hydrogen-bond donors (Lipinski definition) is 2. The fourth-order valence-electron chi connectivity index (χ4n) is 4.20. The van der Waals surface area contributed by atoms with Crippen LogP contribution >= 0.6 is 0 Å². The molecule has 0 aliphatic carbocycles. The summed E-state index contributed by atoms with van der Waals surface area (Å²) < 4.78 is 36.0. The molecule has 2 aliphatic rings. The van der Waals surface area contributed by atoms with Gasteiger partial charge in [-0.25, -0.2) is 13.1 Å². The van der Waals surface area contributed by atoms with Crippen LogP contribution in [0.15, 0.2) is 12.1 Å². The standard InChI is InChI=1S/C19H23N3O6S/c1-10-17-13(11-6-14(27-2)18(24)15(7-11)28-3)8-16(23)20-19(17)22(21-10)12-4-5-29(25,26)9-12/h6-7,12-13,24H,4-5,8-9H2,1-3H3,(H,20,23)/t12-,13-/m0/s1. The summed E-state index contributed by atoms with van der Waals surface area (Å²) in [5.41, 5.74) is 2.30. The highest BCUT2D eigenvalue weighted by atomic mass is 32.2. The number of aryl methyl sites for hydroxylation is 1. The first-order chi connectivity index (χ1) is 13.7. The number of nitrogens with one attached hydrogen (secondary N) is 1. The van der Waals surface area contributed by atoms with Gasteiger partial charge in [-0.15, -0.1) is 0 Å². The van der Waals surface area contributed by atoms with E-state index >= 15 is 0 Å². The van der Waals surface area contributed by atoms with Gasteiger partial charge >= 0.3 is 0 Å². The number of carbonyl (C=O) groups excluding carboxylic acids is 1. The molecule has 0 unspecified atom stereocenters. The van der Waals surface area contributed by atoms with Gasteiger partial charge in [-0.3, -0.25) is 4.79 Å². The van der Waals surface area contributed by atoms with E-state index in [4.69, 9.17) is 9.47 Å². The van der Waals surface area contributed by atoms with Crippen LogP contribution in [0.4, 0.5) is 5.82 Å². The number of fused-ring (bicyclic) bond motifs is 1. The molecular weight excluding hydrogens is 398 g/mol. The van der Waals surface area contributed by atoms with E-state index < -0.39 is 9.84 Å². The number of aromatic hydroxyl groups is 1. The molecule has 2 N–H and O–H groups in total. The van der Waals surface area contributed by atoms with E-state index in [2.05, 4.69) is 10.4 Å². The fraction of sp³-hybridized carbons (Fsp3) is 0.474. The van der Waals surface area contributed by atoms with Gasteiger partial charge in [-0.05, 0) is 31.0 Å². The number of rotatable bonds is 4. The van der Waals surface area contributed by atoms with Crippen molar-refractivity contribution in [2.75, 3.05) is 31.0 Å². The van der Waals surface area contributed by atoms with E-state index in [-0.39, 0.29) is 53.0 Å². The minimum absolute atomic E-state index is 0.0158. The van der Waals surface area contributed by atoms with Crippen LogP contribution < -0.4 is 14.8 Å². The number of amides is 1. The van der Waals surface area contributed by atoms with Crippen LogP contribution in [0, 0.1) is 6.92 Å². The number of phenols is 1. The zero-order chi connectivity index (χ0) is 20.9. The minimum Gasteiger partial charge on any atom is -0.502 e. The Kier molecular flexibility index (Phi) is 4.68. The van der Waals surface area contributed by atoms with Gasteiger partial charge in [0.2, 0.25) is 11.7 Å². The lowest BCUT2D eigenvalue weighted by Crippen LogP contribution is -2.26. The molecule has 1 saturated heterocycles. The molecule has 10 heteroatoms. The molecule has 29 heavy (non-hydrogen) atoms. The van der Waals surface area contributed by atoms with E-state index in [1.54, 1.807) is 16.8 Å². The number of ether oxygens (including phenoxy) is 2. The lowest BCUT2D eigenvalue weighted by molar-refractivity contribution is -0.116. The summed E-state index contributed by atoms with van der Waals surface area (Å²) in [6.45, 7) is 1.85. The van der Waals surface area contributed by atoms with Crippen LogP contribution in [-0.2, 0) is 14.6 Å². The number of aromatic nitrogens is 2. The first-order valence-corrected chi connectivity index (χ1v) is 11.1. The van der Waals surface area contributed by atoms with Crippen LogP contribution in [0.25, 0.3) is 0 Å². The molecule has 0 bridgehead atoms. The molecule has 1 aromatic heterocycles. The van der Waals surface area contributed by atoms with Gasteiger partial charge in [0.25, 0.3) is 0 Å². The smallest absolute Gasteiger partial charge is 0.226 e. The molecule has 0 spiro atoms. The SMILES string of the molecule is COc1cc([C@@H]2CC(=O)Nc3c2c(C)nn3[C@H]2CCS(=O)(=O)C2)cc(OC)c1O. The first kappa shape index (κ1) is 19.6. The minimum atomic E-state index is -3.10. The maximum absolute atomic E-state index is 12.5. The summed E-state index contributed by atoms with van der Waals surface area (Å²) in [5.74, 6) is 0.554. The summed E-state index contributed by atoms with van der Waals surface area (Å²) in [5, 5.41) is 17.7. The third-order valence-corrected chi connectivity index (χ3v) is 7.34. The van der Waals surface area contributed by atoms with Crippen LogP contribution in [0.2, 0.25) is 0 Å². The van der Waals surface area contributed by atoms with Crippen molar-refractivity contribution < 1.29 is 27.8 Å². The van der Waals surface area contributed by atoms with Gasteiger partial charge in [0.05, 0.1) is 37.5 Å². The second kappa shape index (κ2) is 6.94. The molecule has 2 aromatic rings. The van der Waals surface area contributed by atoms with Gasteiger partial charge in [0, 0.05) is 17.9 Å². The molecule has 0 saturated carbocycles. The zero-order valence-electron chi connectivity index (χ0n) is 16.4. The summed E-state index contributed by atoms with van der Waals surface area (Å²) in [4.78, 5) is 12.5. The average Bonchev–Trinajstić information content (AvgIpc) is 3.20. The molecule has 1 fully saturated rings. The highest BCUT2D eigenvalue weighted by Crippen LogP contribution is 2.45. The zero-order valence-corrected chi connectivity index (χ0v) is 17.2. The molecule has 2 atom stereocenters. The number of methoxy groups -OCH3 is 2. The van der Waals surface area contributed by atoms with Crippen molar-refractivity contribution in [3.05, 3.63) is 29.0 Å². The normalized spacial score (nSPS) is 22.8. The van der Waals surface area contributed by atoms with Crippen molar-refractivity contribution in [2.45, 2.75) is 31.7 Å². The van der Waals surface area contributed by atoms with Gasteiger partial charge < -0.3 is 19.9 Å². The number of sulfone groups is 1. The van der Waals surface area contributed by atoms with Crippen molar-refractivity contribution in [2.24, 2.45) is 0 Å². The fourth-order valence-corrected chi connectivity index (χ4v) is 5.90. The molecule has 4 rings (SSSR count). The van der Waals surface area contributed by atoms with Crippen molar-refractivity contribution in [1.82, 2.24) is 9.78 Å². The van der Waals surface area contributed by atoms with Crippen molar-refractivity contribution in [1.29, 1.82) is 0 Å². The van der Waals surface area contributed by atoms with Crippen LogP contribution in [0.5, 0.6) is 17.2 Å². The molecule has 9 nitrogen and oxygen atoms in total. The van der Waals surface area contributed by atoms with E-state index in [1.807, 2.05) is 6.92 Å². The topological polar surface area (TPSA) is 120 Å². The Hall–Kier alpha value is -2.75. The Morgan fingerprint density at radius 2 is 1.90 bits per heavy atom. The Morgan fingerprint density at radius 1 is 1.24 bits per heavy atom. The second-order valence-electron chi connectivity index (χ2n) is 7.43. The van der Waals surface area contributed by atoms with Crippen molar-refractivity contribution in [3.63, 3.8) is 0 Å². The molecular formula is C19H23N3O6S. The Balaban J connectivity index is 1.83. The van der Waals surface area contributed by atoms with Crippen molar-refractivity contribution >= 4 is 21.6 Å². The number of carbonyl (C=O) groups is 1. The second-order valence-corrected chi connectivity index (χ2v) is 9.66. The predicted octanol–water partition coefficient (Wildman–Crippen LogP) is 1.75. The Bertz CT molecular complexity index is 1070. The van der Waals surface area contributed by atoms with E-state index in [0.29, 0.717) is 12.2 Å². The molecule has 156 valence electrons. The Morgan fingerprint density at radius 3 is 2.45 bits per heavy atom. The van der Waals surface area contributed by atoms with Gasteiger partial charge in [0.1, 0.15) is 5.82 Å². The number of hydrogen-bond acceptors (Lipinski definition) is 7. The molecule has 2 aliphatic heterocycles. The van der Waals surface area contributed by atoms with E-state index in [1.165, 1.54) is 14.2 Å². The third-order valence-electron chi connectivity index (χ3n) is 5.59. The lowest BCUT2D eigenvalue weighted by Gasteiger charge is -2.26. The summed E-state index contributed by atoms with van der Waals surface area (Å²) in [6, 6.07) is 3.06.